The fourth-order valence-electron chi connectivity index (χ4n) is 9.74. The SMILES string of the molecule is [2H]C([2H])(c1ccc(-c2ccnc(-c3[c-]c(-c4cccc5c4nc(-c4cc(C(C)(C)C)cc(C(C)(C)C)c4O)n5-c4c(-c5ccccc5)cc(C(C)(C)C)cc4-c4ccccc4)cc(C(C)(C)C)c3)c2)cc1)C(C)(C)C.[Pt]. The van der Waals surface area contributed by atoms with Gasteiger partial charge in [0.15, 0.2) is 0 Å². The largest absolute Gasteiger partial charge is 0.507 e. The second-order valence-corrected chi connectivity index (χ2v) is 25.1. The molecule has 0 spiro atoms. The molecule has 0 saturated heterocycles. The van der Waals surface area contributed by atoms with E-state index in [4.69, 9.17) is 12.7 Å². The second kappa shape index (κ2) is 20.1. The maximum absolute atomic E-state index is 12.9. The van der Waals surface area contributed by atoms with Gasteiger partial charge in [0.1, 0.15) is 11.6 Å². The third kappa shape index (κ3) is 11.2. The van der Waals surface area contributed by atoms with Gasteiger partial charge in [-0.3, -0.25) is 9.55 Å². The van der Waals surface area contributed by atoms with Crippen molar-refractivity contribution >= 4 is 11.0 Å². The van der Waals surface area contributed by atoms with Crippen molar-refractivity contribution in [1.29, 1.82) is 0 Å². The first-order valence-corrected chi connectivity index (χ1v) is 25.9. The van der Waals surface area contributed by atoms with Crippen LogP contribution in [0.5, 0.6) is 5.75 Å². The van der Waals surface area contributed by atoms with E-state index >= 15 is 0 Å². The predicted molar refractivity (Wildman–Crippen MR) is 310 cm³/mol. The van der Waals surface area contributed by atoms with Crippen LogP contribution in [0, 0.1) is 11.5 Å². The van der Waals surface area contributed by atoms with E-state index in [0.717, 1.165) is 89.2 Å². The minimum atomic E-state index is -1.50. The van der Waals surface area contributed by atoms with Gasteiger partial charge in [0.25, 0.3) is 0 Å². The summed E-state index contributed by atoms with van der Waals surface area (Å²) in [6.07, 6.45) is 0.354. The van der Waals surface area contributed by atoms with E-state index in [1.54, 1.807) is 0 Å². The molecule has 2 heterocycles. The van der Waals surface area contributed by atoms with Gasteiger partial charge in [-0.25, -0.2) is 4.98 Å². The summed E-state index contributed by atoms with van der Waals surface area (Å²) in [6.45, 7) is 32.5. The normalized spacial score (nSPS) is 13.1. The quantitative estimate of drug-likeness (QED) is 0.154. The topological polar surface area (TPSA) is 50.9 Å². The number of hydrogen-bond acceptors (Lipinski definition) is 3. The molecule has 0 radical (unpaired) electrons. The number of pyridine rings is 1. The minimum absolute atomic E-state index is 0. The summed E-state index contributed by atoms with van der Waals surface area (Å²) in [4.78, 5) is 10.8. The Bertz CT molecular complexity index is 3520. The molecule has 9 rings (SSSR count). The van der Waals surface area contributed by atoms with Crippen molar-refractivity contribution in [2.45, 2.75) is 132 Å². The number of rotatable bonds is 8. The summed E-state index contributed by atoms with van der Waals surface area (Å²) in [5, 5.41) is 12.9. The first-order valence-electron chi connectivity index (χ1n) is 26.9. The van der Waals surface area contributed by atoms with Crippen molar-refractivity contribution in [3.63, 3.8) is 0 Å². The van der Waals surface area contributed by atoms with Crippen LogP contribution in [0.15, 0.2) is 158 Å². The Labute approximate surface area is 459 Å². The van der Waals surface area contributed by atoms with Crippen molar-refractivity contribution in [3.8, 4) is 78.6 Å². The fraction of sp³-hybridized carbons (Fsp3) is 0.304. The van der Waals surface area contributed by atoms with E-state index in [2.05, 4.69) is 215 Å². The number of phenolic OH excluding ortho intramolecular Hbond substituents is 1. The molecule has 0 aliphatic heterocycles. The van der Waals surface area contributed by atoms with Crippen molar-refractivity contribution in [2.75, 3.05) is 0 Å². The van der Waals surface area contributed by atoms with Crippen LogP contribution in [0.25, 0.3) is 83.9 Å². The molecule has 74 heavy (non-hydrogen) atoms. The molecule has 0 bridgehead atoms. The molecular formula is C69H74N3OPt-. The van der Waals surface area contributed by atoms with E-state index < -0.39 is 11.8 Å². The zero-order chi connectivity index (χ0) is 54.2. The van der Waals surface area contributed by atoms with Gasteiger partial charge < -0.3 is 5.11 Å². The molecule has 2 aromatic heterocycles. The number of benzene rings is 7. The Hall–Kier alpha value is -6.35. The number of phenols is 1. The number of nitrogens with zero attached hydrogens (tertiary/aromatic N) is 3. The third-order valence-electron chi connectivity index (χ3n) is 13.9. The van der Waals surface area contributed by atoms with Gasteiger partial charge in [0.05, 0.1) is 22.3 Å². The van der Waals surface area contributed by atoms with Gasteiger partial charge in [-0.15, -0.1) is 29.3 Å². The van der Waals surface area contributed by atoms with E-state index in [1.807, 2.05) is 57.3 Å². The molecule has 0 aliphatic carbocycles. The average Bonchev–Trinajstić information content (AvgIpc) is 3.82. The monoisotopic (exact) mass is 1160 g/mol. The van der Waals surface area contributed by atoms with Crippen molar-refractivity contribution in [3.05, 3.63) is 192 Å². The molecule has 0 amide bonds. The van der Waals surface area contributed by atoms with Crippen LogP contribution in [-0.2, 0) is 49.1 Å². The molecule has 1 N–H and O–H groups in total. The average molecular weight is 1160 g/mol. The number of para-hydroxylation sites is 1. The Kier molecular flexibility index (Phi) is 13.9. The van der Waals surface area contributed by atoms with Crippen molar-refractivity contribution in [2.24, 2.45) is 5.41 Å². The number of fused-ring (bicyclic) bond motifs is 1. The second-order valence-electron chi connectivity index (χ2n) is 25.1. The van der Waals surface area contributed by atoms with Crippen LogP contribution < -0.4 is 0 Å². The van der Waals surface area contributed by atoms with E-state index in [9.17, 15) is 5.11 Å². The Balaban J connectivity index is 0.00000765. The molecule has 0 atom stereocenters. The van der Waals surface area contributed by atoms with Crippen LogP contribution in [0.2, 0.25) is 0 Å². The molecule has 0 fully saturated rings. The first-order chi connectivity index (χ1) is 35.0. The summed E-state index contributed by atoms with van der Waals surface area (Å²) in [7, 11) is 0. The summed E-state index contributed by atoms with van der Waals surface area (Å²) in [5.41, 5.74) is 16.4. The molecule has 9 aromatic rings. The van der Waals surface area contributed by atoms with Gasteiger partial charge in [-0.05, 0) is 103 Å². The Morgan fingerprint density at radius 2 is 1.03 bits per heavy atom. The van der Waals surface area contributed by atoms with Crippen molar-refractivity contribution < 1.29 is 28.9 Å². The van der Waals surface area contributed by atoms with Gasteiger partial charge in [-0.2, -0.15) is 0 Å². The number of aromatic hydroxyl groups is 1. The molecule has 0 saturated carbocycles. The fourth-order valence-corrected chi connectivity index (χ4v) is 9.74. The number of aromatic nitrogens is 3. The molecule has 5 heteroatoms. The van der Waals surface area contributed by atoms with E-state index in [1.165, 1.54) is 5.56 Å². The summed E-state index contributed by atoms with van der Waals surface area (Å²) < 4.78 is 20.1. The predicted octanol–water partition coefficient (Wildman–Crippen LogP) is 18.7. The zero-order valence-corrected chi connectivity index (χ0v) is 48.4. The van der Waals surface area contributed by atoms with Crippen LogP contribution >= 0.6 is 0 Å². The molecule has 0 unspecified atom stereocenters. The zero-order valence-electron chi connectivity index (χ0n) is 48.1. The summed E-state index contributed by atoms with van der Waals surface area (Å²) in [6, 6.07) is 57.1. The summed E-state index contributed by atoms with van der Waals surface area (Å²) in [5.74, 6) is 0.868. The van der Waals surface area contributed by atoms with Crippen molar-refractivity contribution in [1.82, 2.24) is 14.5 Å². The third-order valence-corrected chi connectivity index (χ3v) is 13.9. The molecule has 4 nitrogen and oxygen atoms in total. The first kappa shape index (κ1) is 51.1. The van der Waals surface area contributed by atoms with Gasteiger partial charge in [0, 0.05) is 52.4 Å². The van der Waals surface area contributed by atoms with Gasteiger partial charge in [-0.1, -0.05) is 224 Å². The summed E-state index contributed by atoms with van der Waals surface area (Å²) >= 11 is 0. The molecule has 0 aliphatic rings. The Morgan fingerprint density at radius 1 is 0.500 bits per heavy atom. The Morgan fingerprint density at radius 3 is 1.57 bits per heavy atom. The minimum Gasteiger partial charge on any atom is -0.507 e. The number of hydrogen-bond donors (Lipinski definition) is 1. The standard InChI is InChI=1S/C69H74N3O.Pt/c1-65(2,3)43-44-29-31-45(32-30-44)48-33-34-70-59(38-48)50-35-49(36-51(37-50)66(4,5)6)54-27-22-28-60-61(54)71-64(57-41-53(68(10,11)12)42-58(63(57)73)69(13,14)15)72(60)62-55(46-23-18-16-19-24-46)39-52(67(7,8)9)40-56(62)47-25-20-17-21-26-47;/h16-34,36-42,73H,43H2,1-15H3;/q-1;/i43D2;. The van der Waals surface area contributed by atoms with Crippen LogP contribution in [0.4, 0.5) is 0 Å². The molecular weight excluding hydrogens is 1080 g/mol. The van der Waals surface area contributed by atoms with E-state index in [-0.39, 0.29) is 48.5 Å². The maximum atomic E-state index is 12.9. The maximum Gasteiger partial charge on any atom is 0.148 e. The van der Waals surface area contributed by atoms with Gasteiger partial charge in [0.2, 0.25) is 0 Å². The molecule has 382 valence electrons. The van der Waals surface area contributed by atoms with E-state index in [0.29, 0.717) is 17.0 Å². The smallest absolute Gasteiger partial charge is 0.148 e. The van der Waals surface area contributed by atoms with Gasteiger partial charge >= 0.3 is 0 Å². The van der Waals surface area contributed by atoms with Crippen LogP contribution in [0.1, 0.15) is 134 Å². The van der Waals surface area contributed by atoms with Crippen LogP contribution in [0.3, 0.4) is 0 Å². The number of imidazole rings is 1. The molecule has 7 aromatic carbocycles. The van der Waals surface area contributed by atoms with Crippen LogP contribution in [-0.4, -0.2) is 19.6 Å².